The summed E-state index contributed by atoms with van der Waals surface area (Å²) in [4.78, 5) is 58.6. The number of nitrogens with two attached hydrogens (primary N) is 1. The summed E-state index contributed by atoms with van der Waals surface area (Å²) >= 11 is 11.2. The van der Waals surface area contributed by atoms with Crippen molar-refractivity contribution in [2.24, 2.45) is 0 Å². The van der Waals surface area contributed by atoms with Crippen molar-refractivity contribution < 1.29 is 35.4 Å². The molecule has 0 atom stereocenters. The van der Waals surface area contributed by atoms with Crippen molar-refractivity contribution in [1.29, 1.82) is 0 Å². The van der Waals surface area contributed by atoms with Crippen molar-refractivity contribution >= 4 is 79.7 Å². The zero-order valence-corrected chi connectivity index (χ0v) is 39.4. The van der Waals surface area contributed by atoms with Crippen molar-refractivity contribution in [3.8, 4) is 21.4 Å². The van der Waals surface area contributed by atoms with Gasteiger partial charge in [-0.25, -0.2) is 44.9 Å². The summed E-state index contributed by atoms with van der Waals surface area (Å²) in [5, 5.41) is 10.7. The molecule has 10 aromatic heterocycles. The van der Waals surface area contributed by atoms with Crippen LogP contribution in [0.15, 0.2) is 144 Å². The minimum absolute atomic E-state index is 0.0375. The Bertz CT molecular complexity index is 2950. The van der Waals surface area contributed by atoms with Crippen LogP contribution in [0.25, 0.3) is 21.4 Å². The first-order chi connectivity index (χ1) is 34.2. The van der Waals surface area contributed by atoms with E-state index in [2.05, 4.69) is 110 Å². The number of thiophene rings is 2. The van der Waals surface area contributed by atoms with Gasteiger partial charge in [-0.3, -0.25) is 19.9 Å². The molecular weight excluding hydrogens is 1070 g/mol. The predicted octanol–water partition coefficient (Wildman–Crippen LogP) is 9.65. The lowest BCUT2D eigenvalue weighted by molar-refractivity contribution is -0.160. The molecule has 0 aliphatic heterocycles. The molecule has 3 N–H and O–H groups in total. The van der Waals surface area contributed by atoms with Gasteiger partial charge >= 0.3 is 24.1 Å². The molecular formula is C40H29BrClF6N19O2S2. The van der Waals surface area contributed by atoms with Crippen molar-refractivity contribution in [2.75, 3.05) is 16.0 Å². The Kier molecular flexibility index (Phi) is 19.2. The first kappa shape index (κ1) is 52.3. The molecule has 10 heterocycles. The van der Waals surface area contributed by atoms with Gasteiger partial charge in [-0.15, -0.1) is 22.7 Å². The van der Waals surface area contributed by atoms with Gasteiger partial charge in [-0.1, -0.05) is 37.8 Å². The lowest BCUT2D eigenvalue weighted by Crippen LogP contribution is -2.19. The fourth-order valence-electron chi connectivity index (χ4n) is 4.73. The molecule has 0 saturated carbocycles. The average molecular weight is 1100 g/mol. The van der Waals surface area contributed by atoms with Crippen LogP contribution in [0.4, 0.5) is 55.8 Å². The highest BCUT2D eigenvalue weighted by Gasteiger charge is 2.39. The Balaban J connectivity index is 0.000000162. The number of hydrogen-bond donors (Lipinski definition) is 2. The molecule has 0 aromatic carbocycles. The number of aromatic nitrogens is 16. The van der Waals surface area contributed by atoms with Crippen LogP contribution in [0.2, 0.25) is 5.15 Å². The van der Waals surface area contributed by atoms with E-state index in [4.69, 9.17) is 17.3 Å². The Morgan fingerprint density at radius 1 is 0.592 bits per heavy atom. The quantitative estimate of drug-likeness (QED) is 0.100. The van der Waals surface area contributed by atoms with Gasteiger partial charge in [-0.2, -0.15) is 36.3 Å². The van der Waals surface area contributed by atoms with Gasteiger partial charge in [0.1, 0.15) is 5.15 Å². The Morgan fingerprint density at radius 2 is 1.10 bits per heavy atom. The lowest BCUT2D eigenvalue weighted by atomic mass is 10.4. The molecule has 0 amide bonds. The first-order valence-electron chi connectivity index (χ1n) is 19.4. The summed E-state index contributed by atoms with van der Waals surface area (Å²) in [7, 11) is 0. The number of rotatable bonds is 9. The Hall–Kier alpha value is -8.09. The number of nitrogens with one attached hydrogen (secondary N) is 1. The first-order valence-corrected chi connectivity index (χ1v) is 22.5. The molecule has 0 bridgehead atoms. The topological polar surface area (TPSA) is 274 Å². The second kappa shape index (κ2) is 26.0. The van der Waals surface area contributed by atoms with E-state index in [1.165, 1.54) is 28.9 Å². The fraction of sp³-hybridized carbons (Fsp3) is 0.100. The molecule has 10 rings (SSSR count). The number of anilines is 5. The van der Waals surface area contributed by atoms with Crippen molar-refractivity contribution in [1.82, 2.24) is 80.1 Å². The minimum Gasteiger partial charge on any atom is -0.368 e. The highest BCUT2D eigenvalue weighted by atomic mass is 79.9. The van der Waals surface area contributed by atoms with E-state index in [1.807, 2.05) is 0 Å². The second-order valence-corrected chi connectivity index (χ2v) is 15.9. The van der Waals surface area contributed by atoms with Crippen molar-refractivity contribution in [3.05, 3.63) is 162 Å². The maximum absolute atomic E-state index is 12.6. The van der Waals surface area contributed by atoms with E-state index >= 15 is 0 Å². The third-order valence-electron chi connectivity index (χ3n) is 7.65. The number of halogens is 8. The lowest BCUT2D eigenvalue weighted by Gasteiger charge is -2.20. The molecule has 0 aliphatic carbocycles. The summed E-state index contributed by atoms with van der Waals surface area (Å²) in [6, 6.07) is 12.0. The monoisotopic (exact) mass is 1100 g/mol. The number of nitrogens with zero attached hydrogens (tertiary/aromatic N) is 17. The number of hydrogen-bond acceptors (Lipinski definition) is 23. The molecule has 0 radical (unpaired) electrons. The third kappa shape index (κ3) is 17.1. The summed E-state index contributed by atoms with van der Waals surface area (Å²) in [6.07, 6.45) is 14.5. The predicted molar refractivity (Wildman–Crippen MR) is 249 cm³/mol. The highest BCUT2D eigenvalue weighted by Crippen LogP contribution is 2.34. The van der Waals surface area contributed by atoms with E-state index in [9.17, 15) is 26.3 Å². The van der Waals surface area contributed by atoms with Crippen molar-refractivity contribution in [2.45, 2.75) is 24.2 Å². The van der Waals surface area contributed by atoms with E-state index in [-0.39, 0.29) is 11.6 Å². The summed E-state index contributed by atoms with van der Waals surface area (Å²) in [5.74, 6) is -0.443. The van der Waals surface area contributed by atoms with E-state index < -0.39 is 24.1 Å². The molecule has 0 unspecified atom stereocenters. The highest BCUT2D eigenvalue weighted by molar-refractivity contribution is 9.08. The molecule has 0 spiro atoms. The summed E-state index contributed by atoms with van der Waals surface area (Å²) in [5.41, 5.74) is 5.14. The van der Waals surface area contributed by atoms with Gasteiger partial charge in [0.2, 0.25) is 29.5 Å². The zero-order valence-electron chi connectivity index (χ0n) is 35.5. The van der Waals surface area contributed by atoms with Crippen molar-refractivity contribution in [3.63, 3.8) is 0 Å². The van der Waals surface area contributed by atoms with Crippen LogP contribution in [0.1, 0.15) is 21.5 Å². The molecule has 21 nitrogen and oxygen atoms in total. The van der Waals surface area contributed by atoms with Gasteiger partial charge in [-0.05, 0) is 42.5 Å². The fourth-order valence-corrected chi connectivity index (χ4v) is 7.08. The van der Waals surface area contributed by atoms with E-state index in [0.717, 1.165) is 9.75 Å². The maximum Gasteiger partial charge on any atom is 0.471 e. The van der Waals surface area contributed by atoms with Gasteiger partial charge in [0, 0.05) is 89.4 Å². The largest absolute Gasteiger partial charge is 0.471 e. The SMILES string of the molecule is Clc1cnccn1.FC(F)(F)c1nc(-c2ccc(CBr)s2)no1.FC(F)(F)c1nc(-c2ccc(CN(c3cnccn3)c3ncccn3)s2)no1.Nc1ncccn1.c1cnc(Nc2cnccn2)nc1. The van der Waals surface area contributed by atoms with Gasteiger partial charge < -0.3 is 20.1 Å². The normalized spacial score (nSPS) is 10.7. The van der Waals surface area contributed by atoms with Gasteiger partial charge in [0.25, 0.3) is 0 Å². The summed E-state index contributed by atoms with van der Waals surface area (Å²) in [6.45, 7) is 0.331. The van der Waals surface area contributed by atoms with Crippen LogP contribution in [0, 0.1) is 0 Å². The molecule has 71 heavy (non-hydrogen) atoms. The van der Waals surface area contributed by atoms with Crippen LogP contribution in [-0.2, 0) is 24.2 Å². The zero-order chi connectivity index (χ0) is 50.5. The van der Waals surface area contributed by atoms with E-state index in [0.29, 0.717) is 56.3 Å². The summed E-state index contributed by atoms with van der Waals surface area (Å²) < 4.78 is 82.9. The van der Waals surface area contributed by atoms with Crippen LogP contribution < -0.4 is 16.0 Å². The minimum atomic E-state index is -4.68. The molecule has 10 aromatic rings. The molecule has 31 heteroatoms. The Labute approximate surface area is 417 Å². The second-order valence-electron chi connectivity index (χ2n) is 12.6. The van der Waals surface area contributed by atoms with Gasteiger partial charge in [0.05, 0.1) is 34.9 Å². The van der Waals surface area contributed by atoms with E-state index in [1.54, 1.807) is 134 Å². The maximum atomic E-state index is 12.6. The number of nitrogen functional groups attached to an aromatic ring is 1. The van der Waals surface area contributed by atoms with Crippen LogP contribution >= 0.6 is 50.2 Å². The molecule has 0 aliphatic rings. The average Bonchev–Trinajstić information content (AvgIpc) is 4.24. The standard InChI is InChI=1S/C16H10F3N7OS.C8H4BrF3N2OS.C8H7N5.C4H3ClN2.C4H5N3/c17-16(18,19)14-24-13(25-27-14)11-3-2-10(28-11)9-26(12-8-20-6-7-21-12)15-22-4-1-5-23-15;9-3-4-1-2-5(16-4)6-13-7(15-14-6)8(10,11)12;1-2-11-8(12-3-1)13-7-6-9-4-5-10-7;5-4-3-6-1-2-7-4;5-4-6-2-1-3-7-4/h1-8H,9H2;1-2H,3H2;1-6H,(H,10,11,12,13);1-3H;1-3H,(H2,5,6,7). The van der Waals surface area contributed by atoms with Crippen LogP contribution in [0.5, 0.6) is 0 Å². The molecule has 0 fully saturated rings. The van der Waals surface area contributed by atoms with Crippen LogP contribution in [0.3, 0.4) is 0 Å². The number of alkyl halides is 7. The molecule has 364 valence electrons. The Morgan fingerprint density at radius 3 is 1.52 bits per heavy atom. The van der Waals surface area contributed by atoms with Gasteiger partial charge in [0.15, 0.2) is 11.6 Å². The third-order valence-corrected chi connectivity index (χ3v) is 11.0. The van der Waals surface area contributed by atoms with Crippen LogP contribution in [-0.4, -0.2) is 80.1 Å². The smallest absolute Gasteiger partial charge is 0.368 e. The molecule has 0 saturated heterocycles.